The first-order valence-electron chi connectivity index (χ1n) is 12.6. The number of para-hydroxylation sites is 1. The average molecular weight is 604 g/mol. The Balaban J connectivity index is 1.12. The van der Waals surface area contributed by atoms with Crippen LogP contribution in [-0.4, -0.2) is 6.21 Å². The van der Waals surface area contributed by atoms with Gasteiger partial charge in [-0.1, -0.05) is 71.8 Å². The zero-order valence-electron chi connectivity index (χ0n) is 20.5. The molecule has 3 atom stereocenters. The molecule has 1 aliphatic heterocycles. The summed E-state index contributed by atoms with van der Waals surface area (Å²) in [5.74, 6) is 1.75. The summed E-state index contributed by atoms with van der Waals surface area (Å²) >= 11 is 15.8. The predicted octanol–water partition coefficient (Wildman–Crippen LogP) is 9.91. The number of nitrogens with one attached hydrogen (secondary N) is 1. The van der Waals surface area contributed by atoms with E-state index in [1.165, 1.54) is 16.8 Å². The molecule has 0 saturated heterocycles. The zero-order valence-corrected chi connectivity index (χ0v) is 23.5. The number of hydrogen-bond acceptors (Lipinski definition) is 3. The van der Waals surface area contributed by atoms with E-state index in [2.05, 4.69) is 81.9 Å². The number of rotatable bonds is 6. The van der Waals surface area contributed by atoms with E-state index in [1.807, 2.05) is 30.5 Å². The lowest BCUT2D eigenvalue weighted by Crippen LogP contribution is -2.28. The molecular formula is C32H25BrCl2N2O. The summed E-state index contributed by atoms with van der Waals surface area (Å²) in [6.45, 7) is 0.355. The second-order valence-corrected chi connectivity index (χ2v) is 11.3. The maximum absolute atomic E-state index is 6.26. The maximum atomic E-state index is 6.26. The van der Waals surface area contributed by atoms with Gasteiger partial charge in [0.1, 0.15) is 12.4 Å². The van der Waals surface area contributed by atoms with Gasteiger partial charge in [0.15, 0.2) is 0 Å². The van der Waals surface area contributed by atoms with E-state index in [4.69, 9.17) is 32.9 Å². The fourth-order valence-corrected chi connectivity index (χ4v) is 6.27. The van der Waals surface area contributed by atoms with Crippen LogP contribution in [0.3, 0.4) is 0 Å². The van der Waals surface area contributed by atoms with Crippen molar-refractivity contribution in [3.63, 3.8) is 0 Å². The Morgan fingerprint density at radius 2 is 1.82 bits per heavy atom. The SMILES string of the molecule is Clc1ccc(COc2ccc(C=Nc3ccc([C@@H]4Nc5ccccc5[C@@H]5C=CC[C@H]54)cc3)cc2Br)c(Cl)c1. The molecule has 1 heterocycles. The summed E-state index contributed by atoms with van der Waals surface area (Å²) in [6.07, 6.45) is 7.66. The van der Waals surface area contributed by atoms with Crippen molar-refractivity contribution in [1.82, 2.24) is 0 Å². The molecule has 6 heteroatoms. The van der Waals surface area contributed by atoms with Gasteiger partial charge in [-0.3, -0.25) is 4.99 Å². The third-order valence-corrected chi connectivity index (χ3v) is 8.45. The van der Waals surface area contributed by atoms with Crippen LogP contribution in [0, 0.1) is 5.92 Å². The number of aliphatic imine (C=N–C) groups is 1. The number of fused-ring (bicyclic) bond motifs is 3. The lowest BCUT2D eigenvalue weighted by molar-refractivity contribution is 0.304. The second-order valence-electron chi connectivity index (χ2n) is 9.63. The van der Waals surface area contributed by atoms with Gasteiger partial charge in [-0.15, -0.1) is 0 Å². The molecule has 38 heavy (non-hydrogen) atoms. The first kappa shape index (κ1) is 25.2. The van der Waals surface area contributed by atoms with Crippen molar-refractivity contribution in [1.29, 1.82) is 0 Å². The first-order valence-corrected chi connectivity index (χ1v) is 14.1. The van der Waals surface area contributed by atoms with Crippen molar-refractivity contribution in [2.75, 3.05) is 5.32 Å². The molecule has 0 spiro atoms. The summed E-state index contributed by atoms with van der Waals surface area (Å²) in [5.41, 5.74) is 6.71. The van der Waals surface area contributed by atoms with Gasteiger partial charge in [0, 0.05) is 33.4 Å². The Morgan fingerprint density at radius 3 is 2.63 bits per heavy atom. The van der Waals surface area contributed by atoms with Crippen LogP contribution in [0.15, 0.2) is 107 Å². The van der Waals surface area contributed by atoms with Crippen LogP contribution >= 0.6 is 39.1 Å². The van der Waals surface area contributed by atoms with Crippen molar-refractivity contribution < 1.29 is 4.74 Å². The average Bonchev–Trinajstić information content (AvgIpc) is 3.43. The van der Waals surface area contributed by atoms with Gasteiger partial charge < -0.3 is 10.1 Å². The molecule has 0 fully saturated rings. The number of benzene rings is 4. The molecule has 1 N–H and O–H groups in total. The van der Waals surface area contributed by atoms with Crippen molar-refractivity contribution in [3.05, 3.63) is 134 Å². The predicted molar refractivity (Wildman–Crippen MR) is 161 cm³/mol. The molecule has 6 rings (SSSR count). The lowest BCUT2D eigenvalue weighted by atomic mass is 9.77. The zero-order chi connectivity index (χ0) is 26.1. The van der Waals surface area contributed by atoms with Gasteiger partial charge in [-0.25, -0.2) is 0 Å². The Hall–Kier alpha value is -3.05. The second kappa shape index (κ2) is 11.0. The van der Waals surface area contributed by atoms with Crippen molar-refractivity contribution >= 4 is 56.7 Å². The fraction of sp³-hybridized carbons (Fsp3) is 0.156. The van der Waals surface area contributed by atoms with Gasteiger partial charge >= 0.3 is 0 Å². The van der Waals surface area contributed by atoms with E-state index in [-0.39, 0.29) is 6.04 Å². The summed E-state index contributed by atoms with van der Waals surface area (Å²) in [5, 5.41) is 4.99. The summed E-state index contributed by atoms with van der Waals surface area (Å²) in [7, 11) is 0. The number of hydrogen-bond donors (Lipinski definition) is 1. The molecule has 0 aromatic heterocycles. The smallest absolute Gasteiger partial charge is 0.134 e. The molecule has 3 nitrogen and oxygen atoms in total. The molecule has 0 unspecified atom stereocenters. The van der Waals surface area contributed by atoms with Gasteiger partial charge in [0.05, 0.1) is 16.2 Å². The largest absolute Gasteiger partial charge is 0.488 e. The quantitative estimate of drug-likeness (QED) is 0.176. The molecule has 0 bridgehead atoms. The Morgan fingerprint density at radius 1 is 0.974 bits per heavy atom. The highest BCUT2D eigenvalue weighted by Crippen LogP contribution is 2.49. The van der Waals surface area contributed by atoms with E-state index in [1.54, 1.807) is 12.1 Å². The topological polar surface area (TPSA) is 33.6 Å². The minimum atomic E-state index is 0.286. The first-order chi connectivity index (χ1) is 18.5. The van der Waals surface area contributed by atoms with E-state index >= 15 is 0 Å². The monoisotopic (exact) mass is 602 g/mol. The van der Waals surface area contributed by atoms with Crippen molar-refractivity contribution in [2.24, 2.45) is 10.9 Å². The molecule has 0 amide bonds. The van der Waals surface area contributed by atoms with Gasteiger partial charge in [-0.2, -0.15) is 0 Å². The van der Waals surface area contributed by atoms with Gasteiger partial charge in [0.2, 0.25) is 0 Å². The molecule has 4 aromatic rings. The number of anilines is 1. The van der Waals surface area contributed by atoms with Crippen LogP contribution in [0.5, 0.6) is 5.75 Å². The van der Waals surface area contributed by atoms with E-state index in [9.17, 15) is 0 Å². The van der Waals surface area contributed by atoms with Crippen molar-refractivity contribution in [3.8, 4) is 5.75 Å². The Labute approximate surface area is 241 Å². The highest BCUT2D eigenvalue weighted by atomic mass is 79.9. The van der Waals surface area contributed by atoms with Crippen LogP contribution in [0.25, 0.3) is 0 Å². The Kier molecular flexibility index (Phi) is 7.29. The normalized spacial score (nSPS) is 19.7. The summed E-state index contributed by atoms with van der Waals surface area (Å²) in [6, 6.07) is 28.8. The minimum absolute atomic E-state index is 0.286. The molecule has 2 aliphatic rings. The van der Waals surface area contributed by atoms with E-state index in [0.29, 0.717) is 28.5 Å². The molecule has 1 aliphatic carbocycles. The van der Waals surface area contributed by atoms with Crippen molar-refractivity contribution in [2.45, 2.75) is 25.0 Å². The fourth-order valence-electron chi connectivity index (χ4n) is 5.30. The number of halogens is 3. The van der Waals surface area contributed by atoms with Gasteiger partial charge in [-0.05, 0) is 93.5 Å². The molecule has 0 saturated carbocycles. The summed E-state index contributed by atoms with van der Waals surface area (Å²) < 4.78 is 6.81. The van der Waals surface area contributed by atoms with E-state index in [0.717, 1.165) is 33.5 Å². The lowest BCUT2D eigenvalue weighted by Gasteiger charge is -2.37. The van der Waals surface area contributed by atoms with Crippen LogP contribution < -0.4 is 10.1 Å². The summed E-state index contributed by atoms with van der Waals surface area (Å²) in [4.78, 5) is 4.70. The van der Waals surface area contributed by atoms with E-state index < -0.39 is 0 Å². The van der Waals surface area contributed by atoms with Crippen LogP contribution in [-0.2, 0) is 6.61 Å². The molecular weight excluding hydrogens is 579 g/mol. The van der Waals surface area contributed by atoms with Gasteiger partial charge in [0.25, 0.3) is 0 Å². The van der Waals surface area contributed by atoms with Crippen LogP contribution in [0.2, 0.25) is 10.0 Å². The highest BCUT2D eigenvalue weighted by molar-refractivity contribution is 9.10. The third-order valence-electron chi connectivity index (χ3n) is 7.24. The number of ether oxygens (including phenoxy) is 1. The number of allylic oxidation sites excluding steroid dienone is 2. The molecule has 190 valence electrons. The standard InChI is InChI=1S/C32H25BrCl2N2O/c33-28-16-20(8-15-31(28)38-19-22-9-12-23(34)17-29(22)35)18-36-24-13-10-21(11-14-24)32-27-6-3-5-25(27)26-4-1-2-7-30(26)37-32/h1-5,7-18,25,27,32,37H,6,19H2/t25-,27+,32-/m0/s1. The molecule has 0 radical (unpaired) electrons. The van der Waals surface area contributed by atoms with Crippen LogP contribution in [0.4, 0.5) is 11.4 Å². The Bertz CT molecular complexity index is 1530. The third kappa shape index (κ3) is 5.26. The molecule has 4 aromatic carbocycles. The maximum Gasteiger partial charge on any atom is 0.134 e. The minimum Gasteiger partial charge on any atom is -0.488 e. The highest BCUT2D eigenvalue weighted by Gasteiger charge is 2.37. The number of nitrogens with zero attached hydrogens (tertiary/aromatic N) is 1. The van der Waals surface area contributed by atoms with Crippen LogP contribution in [0.1, 0.15) is 40.6 Å².